The molecule has 0 aliphatic carbocycles. The average Bonchev–Trinajstić information content (AvgIpc) is 3.13. The number of nitrogens with zero attached hydrogens (tertiary/aromatic N) is 3. The molecule has 5 heteroatoms. The van der Waals surface area contributed by atoms with Crippen LogP contribution in [0.1, 0.15) is 17.0 Å². The van der Waals surface area contributed by atoms with Crippen LogP contribution in [0.2, 0.25) is 0 Å². The summed E-state index contributed by atoms with van der Waals surface area (Å²) in [4.78, 5) is 0. The maximum atomic E-state index is 6.23. The van der Waals surface area contributed by atoms with Crippen molar-refractivity contribution in [1.29, 1.82) is 0 Å². The van der Waals surface area contributed by atoms with Crippen molar-refractivity contribution in [3.8, 4) is 22.6 Å². The molecule has 0 amide bonds. The molecule has 0 radical (unpaired) electrons. The third-order valence-electron chi connectivity index (χ3n) is 4.89. The number of hydrogen-bond acceptors (Lipinski definition) is 4. The van der Waals surface area contributed by atoms with Crippen molar-refractivity contribution in [2.24, 2.45) is 0 Å². The fourth-order valence-electron chi connectivity index (χ4n) is 3.44. The molecule has 0 N–H and O–H groups in total. The van der Waals surface area contributed by atoms with E-state index in [9.17, 15) is 0 Å². The van der Waals surface area contributed by atoms with Crippen LogP contribution in [-0.2, 0) is 19.8 Å². The van der Waals surface area contributed by atoms with Gasteiger partial charge in [-0.05, 0) is 17.7 Å². The normalized spacial score (nSPS) is 12.7. The van der Waals surface area contributed by atoms with E-state index in [1.165, 1.54) is 5.56 Å². The van der Waals surface area contributed by atoms with Gasteiger partial charge in [0.25, 0.3) is 0 Å². The lowest BCUT2D eigenvalue weighted by Gasteiger charge is -2.18. The number of ether oxygens (including phenoxy) is 2. The second-order valence-corrected chi connectivity index (χ2v) is 6.70. The molecule has 2 heterocycles. The Hall–Kier alpha value is -3.60. The Morgan fingerprint density at radius 1 is 0.714 bits per heavy atom. The quantitative estimate of drug-likeness (QED) is 0.523. The molecular formula is C23H19N3O2. The molecule has 0 saturated heterocycles. The Bertz CT molecular complexity index is 1110. The lowest BCUT2D eigenvalue weighted by Crippen LogP contribution is -2.12. The van der Waals surface area contributed by atoms with Crippen LogP contribution in [0.4, 0.5) is 0 Å². The summed E-state index contributed by atoms with van der Waals surface area (Å²) in [5.74, 6) is 1.63. The third kappa shape index (κ3) is 3.11. The minimum atomic E-state index is 0.354. The Morgan fingerprint density at radius 3 is 2.04 bits per heavy atom. The molecule has 0 fully saturated rings. The van der Waals surface area contributed by atoms with Gasteiger partial charge in [0.1, 0.15) is 36.1 Å². The van der Waals surface area contributed by atoms with Gasteiger partial charge in [-0.3, -0.25) is 0 Å². The minimum Gasteiger partial charge on any atom is -0.487 e. The first-order chi connectivity index (χ1) is 13.9. The second kappa shape index (κ2) is 7.19. The first kappa shape index (κ1) is 16.6. The molecule has 5 nitrogen and oxygen atoms in total. The van der Waals surface area contributed by atoms with Gasteiger partial charge in [0.05, 0.1) is 6.54 Å². The number of rotatable bonds is 2. The number of para-hydroxylation sites is 2. The van der Waals surface area contributed by atoms with Gasteiger partial charge in [-0.1, -0.05) is 71.9 Å². The van der Waals surface area contributed by atoms with E-state index in [0.717, 1.165) is 34.0 Å². The van der Waals surface area contributed by atoms with E-state index in [1.54, 1.807) is 0 Å². The standard InChI is InChI=1S/C23H19N3O2/c1-2-8-17(9-3-1)14-26-21-16-28-23-13-7-5-11-19(23)18-10-4-6-12-22(18)27-15-20(21)24-25-26/h1-13H,14-16H2. The van der Waals surface area contributed by atoms with Gasteiger partial charge >= 0.3 is 0 Å². The van der Waals surface area contributed by atoms with Gasteiger partial charge in [-0.15, -0.1) is 5.10 Å². The highest BCUT2D eigenvalue weighted by Crippen LogP contribution is 2.37. The van der Waals surface area contributed by atoms with Crippen molar-refractivity contribution in [2.45, 2.75) is 19.8 Å². The first-order valence-electron chi connectivity index (χ1n) is 9.28. The summed E-state index contributed by atoms with van der Waals surface area (Å²) in [5, 5.41) is 8.72. The van der Waals surface area contributed by atoms with E-state index in [2.05, 4.69) is 28.5 Å². The van der Waals surface area contributed by atoms with E-state index in [1.807, 2.05) is 65.3 Å². The van der Waals surface area contributed by atoms with Crippen molar-refractivity contribution < 1.29 is 9.47 Å². The molecule has 3 aromatic carbocycles. The van der Waals surface area contributed by atoms with Crippen LogP contribution in [-0.4, -0.2) is 15.0 Å². The van der Waals surface area contributed by atoms with Crippen LogP contribution >= 0.6 is 0 Å². The number of aromatic nitrogens is 3. The first-order valence-corrected chi connectivity index (χ1v) is 9.28. The van der Waals surface area contributed by atoms with Gasteiger partial charge in [-0.25, -0.2) is 4.68 Å². The lowest BCUT2D eigenvalue weighted by molar-refractivity contribution is 0.273. The summed E-state index contributed by atoms with van der Waals surface area (Å²) in [6.07, 6.45) is 0. The fourth-order valence-corrected chi connectivity index (χ4v) is 3.44. The van der Waals surface area contributed by atoms with Gasteiger partial charge in [-0.2, -0.15) is 0 Å². The van der Waals surface area contributed by atoms with E-state index < -0.39 is 0 Å². The maximum absolute atomic E-state index is 6.23. The maximum Gasteiger partial charge on any atom is 0.134 e. The predicted octanol–water partition coefficient (Wildman–Crippen LogP) is 4.46. The van der Waals surface area contributed by atoms with Crippen LogP contribution in [0.15, 0.2) is 78.9 Å². The SMILES string of the molecule is c1ccc(Cn2nnc3c2COc2ccccc2-c2ccccc2OC3)cc1. The van der Waals surface area contributed by atoms with Crippen LogP contribution < -0.4 is 9.47 Å². The Balaban J connectivity index is 1.55. The second-order valence-electron chi connectivity index (χ2n) is 6.70. The smallest absolute Gasteiger partial charge is 0.134 e. The zero-order chi connectivity index (χ0) is 18.8. The van der Waals surface area contributed by atoms with Crippen molar-refractivity contribution in [2.75, 3.05) is 0 Å². The summed E-state index contributed by atoms with van der Waals surface area (Å²) in [5.41, 5.74) is 4.92. The molecule has 0 atom stereocenters. The van der Waals surface area contributed by atoms with Gasteiger partial charge in [0.15, 0.2) is 0 Å². The predicted molar refractivity (Wildman–Crippen MR) is 106 cm³/mol. The summed E-state index contributed by atoms with van der Waals surface area (Å²) in [7, 11) is 0. The highest BCUT2D eigenvalue weighted by molar-refractivity contribution is 5.75. The van der Waals surface area contributed by atoms with Crippen molar-refractivity contribution in [1.82, 2.24) is 15.0 Å². The highest BCUT2D eigenvalue weighted by atomic mass is 16.5. The van der Waals surface area contributed by atoms with Crippen molar-refractivity contribution in [3.05, 3.63) is 95.8 Å². The zero-order valence-electron chi connectivity index (χ0n) is 15.3. The largest absolute Gasteiger partial charge is 0.487 e. The summed E-state index contributed by atoms with van der Waals surface area (Å²) < 4.78 is 14.3. The van der Waals surface area contributed by atoms with Crippen LogP contribution in [0.3, 0.4) is 0 Å². The fraction of sp³-hybridized carbons (Fsp3) is 0.130. The van der Waals surface area contributed by atoms with Crippen LogP contribution in [0, 0.1) is 0 Å². The van der Waals surface area contributed by atoms with E-state index in [0.29, 0.717) is 19.8 Å². The Kier molecular flexibility index (Phi) is 4.26. The summed E-state index contributed by atoms with van der Waals surface area (Å²) >= 11 is 0. The highest BCUT2D eigenvalue weighted by Gasteiger charge is 2.19. The Labute approximate surface area is 163 Å². The van der Waals surface area contributed by atoms with Gasteiger partial charge in [0, 0.05) is 11.1 Å². The molecular weight excluding hydrogens is 350 g/mol. The molecule has 4 aromatic rings. The number of fused-ring (bicyclic) bond motifs is 4. The van der Waals surface area contributed by atoms with Gasteiger partial charge in [0.2, 0.25) is 0 Å². The van der Waals surface area contributed by atoms with E-state index in [4.69, 9.17) is 9.47 Å². The third-order valence-corrected chi connectivity index (χ3v) is 4.89. The van der Waals surface area contributed by atoms with Crippen LogP contribution in [0.25, 0.3) is 11.1 Å². The molecule has 1 aromatic heterocycles. The monoisotopic (exact) mass is 369 g/mol. The molecule has 1 aliphatic heterocycles. The van der Waals surface area contributed by atoms with E-state index in [-0.39, 0.29) is 0 Å². The molecule has 1 aliphatic rings. The zero-order valence-corrected chi connectivity index (χ0v) is 15.3. The van der Waals surface area contributed by atoms with Crippen LogP contribution in [0.5, 0.6) is 11.5 Å². The summed E-state index contributed by atoms with van der Waals surface area (Å²) in [6, 6.07) is 26.3. The number of benzene rings is 3. The Morgan fingerprint density at radius 2 is 1.32 bits per heavy atom. The molecule has 138 valence electrons. The minimum absolute atomic E-state index is 0.354. The summed E-state index contributed by atoms with van der Waals surface area (Å²) in [6.45, 7) is 1.38. The molecule has 0 spiro atoms. The van der Waals surface area contributed by atoms with Crippen molar-refractivity contribution >= 4 is 0 Å². The molecule has 5 rings (SSSR count). The average molecular weight is 369 g/mol. The lowest BCUT2D eigenvalue weighted by atomic mass is 10.0. The van der Waals surface area contributed by atoms with Gasteiger partial charge < -0.3 is 9.47 Å². The molecule has 28 heavy (non-hydrogen) atoms. The molecule has 0 saturated carbocycles. The topological polar surface area (TPSA) is 49.2 Å². The van der Waals surface area contributed by atoms with E-state index >= 15 is 0 Å². The number of hydrogen-bond donors (Lipinski definition) is 0. The molecule has 0 bridgehead atoms. The molecule has 0 unspecified atom stereocenters. The van der Waals surface area contributed by atoms with Crippen molar-refractivity contribution in [3.63, 3.8) is 0 Å².